The van der Waals surface area contributed by atoms with Crippen LogP contribution in [0.3, 0.4) is 0 Å². The van der Waals surface area contributed by atoms with Gasteiger partial charge in [-0.15, -0.1) is 0 Å². The zero-order chi connectivity index (χ0) is 15.4. The molecule has 2 aromatic rings. The molecule has 0 fully saturated rings. The molecule has 0 aliphatic rings. The third-order valence-electron chi connectivity index (χ3n) is 2.49. The number of hydrogen-bond donors (Lipinski definition) is 2. The first-order valence-corrected chi connectivity index (χ1v) is 5.90. The second-order valence-corrected chi connectivity index (χ2v) is 4.16. The summed E-state index contributed by atoms with van der Waals surface area (Å²) in [5.74, 6) is -2.61. The van der Waals surface area contributed by atoms with Gasteiger partial charge >= 0.3 is 12.0 Å². The van der Waals surface area contributed by atoms with Gasteiger partial charge in [-0.25, -0.2) is 9.18 Å². The van der Waals surface area contributed by atoms with Gasteiger partial charge in [0.2, 0.25) is 0 Å². The largest absolute Gasteiger partial charge is 0.478 e. The van der Waals surface area contributed by atoms with Gasteiger partial charge in [0.05, 0.1) is 11.3 Å². The maximum absolute atomic E-state index is 13.7. The molecule has 1 aromatic heterocycles. The molecule has 0 radical (unpaired) electrons. The third-order valence-corrected chi connectivity index (χ3v) is 2.49. The van der Waals surface area contributed by atoms with E-state index in [9.17, 15) is 14.0 Å². The summed E-state index contributed by atoms with van der Waals surface area (Å²) < 4.78 is 18.6. The lowest BCUT2D eigenvalue weighted by atomic mass is 10.1. The Hall–Kier alpha value is -2.96. The lowest BCUT2D eigenvalue weighted by molar-refractivity contribution is -0.131. The van der Waals surface area contributed by atoms with Gasteiger partial charge in [0.25, 0.3) is 5.91 Å². The molecule has 0 atom stereocenters. The van der Waals surface area contributed by atoms with E-state index in [0.29, 0.717) is 11.3 Å². The van der Waals surface area contributed by atoms with Crippen molar-refractivity contribution in [1.82, 2.24) is 4.98 Å². The Balaban J connectivity index is 2.23. The summed E-state index contributed by atoms with van der Waals surface area (Å²) in [6, 6.07) is 3.64. The zero-order valence-electron chi connectivity index (χ0n) is 11.0. The van der Waals surface area contributed by atoms with Crippen LogP contribution in [0.1, 0.15) is 21.6 Å². The number of amides is 1. The van der Waals surface area contributed by atoms with E-state index in [1.54, 1.807) is 6.92 Å². The number of carboxylic acids is 1. The number of aromatic nitrogens is 1. The van der Waals surface area contributed by atoms with Crippen LogP contribution in [0.2, 0.25) is 0 Å². The minimum atomic E-state index is -1.14. The van der Waals surface area contributed by atoms with Gasteiger partial charge in [0, 0.05) is 6.08 Å². The van der Waals surface area contributed by atoms with Crippen molar-refractivity contribution in [3.05, 3.63) is 53.2 Å². The van der Waals surface area contributed by atoms with E-state index in [4.69, 9.17) is 9.52 Å². The molecule has 0 aliphatic carbocycles. The van der Waals surface area contributed by atoms with Gasteiger partial charge in [0.15, 0.2) is 0 Å². The molecule has 0 saturated carbocycles. The molecule has 0 unspecified atom stereocenters. The average molecular weight is 290 g/mol. The number of benzene rings is 1. The molecule has 0 bridgehead atoms. The summed E-state index contributed by atoms with van der Waals surface area (Å²) in [4.78, 5) is 26.3. The van der Waals surface area contributed by atoms with E-state index in [2.05, 4.69) is 10.3 Å². The Morgan fingerprint density at radius 3 is 2.81 bits per heavy atom. The first-order valence-electron chi connectivity index (χ1n) is 5.90. The summed E-state index contributed by atoms with van der Waals surface area (Å²) in [5, 5.41) is 10.9. The van der Waals surface area contributed by atoms with E-state index in [1.165, 1.54) is 24.5 Å². The smallest absolute Gasteiger partial charge is 0.328 e. The van der Waals surface area contributed by atoms with Gasteiger partial charge in [-0.05, 0) is 30.7 Å². The van der Waals surface area contributed by atoms with Crippen molar-refractivity contribution < 1.29 is 23.5 Å². The minimum absolute atomic E-state index is 0.0385. The number of carbonyl (C=O) groups is 2. The molecule has 1 heterocycles. The summed E-state index contributed by atoms with van der Waals surface area (Å²) in [7, 11) is 0. The van der Waals surface area contributed by atoms with Crippen LogP contribution < -0.4 is 5.32 Å². The molecular weight excluding hydrogens is 279 g/mol. The average Bonchev–Trinajstić information content (AvgIpc) is 2.83. The molecule has 2 rings (SSSR count). The number of nitrogens with one attached hydrogen (secondary N) is 1. The van der Waals surface area contributed by atoms with Crippen LogP contribution in [0.4, 0.5) is 10.4 Å². The van der Waals surface area contributed by atoms with E-state index >= 15 is 0 Å². The van der Waals surface area contributed by atoms with Crippen LogP contribution in [0.25, 0.3) is 6.08 Å². The Bertz CT molecular complexity index is 722. The number of nitrogens with zero attached hydrogens (tertiary/aromatic N) is 1. The second kappa shape index (κ2) is 6.00. The van der Waals surface area contributed by atoms with Crippen LogP contribution in [0.5, 0.6) is 0 Å². The highest BCUT2D eigenvalue weighted by atomic mass is 19.1. The second-order valence-electron chi connectivity index (χ2n) is 4.16. The van der Waals surface area contributed by atoms with E-state index in [1.807, 2.05) is 0 Å². The molecule has 6 nitrogen and oxygen atoms in total. The first kappa shape index (κ1) is 14.4. The number of rotatable bonds is 4. The number of aryl methyl sites for hydroxylation is 1. The van der Waals surface area contributed by atoms with Gasteiger partial charge in [-0.2, -0.15) is 4.98 Å². The van der Waals surface area contributed by atoms with Crippen LogP contribution in [0, 0.1) is 12.7 Å². The van der Waals surface area contributed by atoms with Gasteiger partial charge in [0.1, 0.15) is 12.1 Å². The predicted molar refractivity (Wildman–Crippen MR) is 72.3 cm³/mol. The summed E-state index contributed by atoms with van der Waals surface area (Å²) in [6.07, 6.45) is 3.50. The maximum atomic E-state index is 13.7. The highest BCUT2D eigenvalue weighted by Gasteiger charge is 2.14. The Morgan fingerprint density at radius 2 is 2.19 bits per heavy atom. The van der Waals surface area contributed by atoms with E-state index in [0.717, 1.165) is 12.1 Å². The standard InChI is InChI=1S/C14H11FN2O4/c1-8-7-21-14(16-8)17-13(20)10-6-9(2-4-11(10)15)3-5-12(18)19/h2-7H,1H3,(H,18,19)(H,16,17,20)/b5-3+. The molecule has 0 aliphatic heterocycles. The number of halogens is 1. The molecule has 0 saturated heterocycles. The molecule has 108 valence electrons. The molecule has 1 amide bonds. The number of aliphatic carboxylic acids is 1. The number of hydrogen-bond acceptors (Lipinski definition) is 4. The fourth-order valence-corrected chi connectivity index (χ4v) is 1.56. The van der Waals surface area contributed by atoms with Crippen LogP contribution in [-0.2, 0) is 4.79 Å². The van der Waals surface area contributed by atoms with Crippen molar-refractivity contribution in [2.45, 2.75) is 6.92 Å². The van der Waals surface area contributed by atoms with Crippen molar-refractivity contribution in [2.24, 2.45) is 0 Å². The van der Waals surface area contributed by atoms with Crippen LogP contribution in [-0.4, -0.2) is 22.0 Å². The molecular formula is C14H11FN2O4. The quantitative estimate of drug-likeness (QED) is 0.844. The SMILES string of the molecule is Cc1coc(NC(=O)c2cc(/C=C/C(=O)O)ccc2F)n1. The summed E-state index contributed by atoms with van der Waals surface area (Å²) in [6.45, 7) is 1.68. The molecule has 0 spiro atoms. The number of anilines is 1. The van der Waals surface area contributed by atoms with Gasteiger partial charge in [-0.1, -0.05) is 6.07 Å². The Kier molecular flexibility index (Phi) is 4.13. The van der Waals surface area contributed by atoms with Gasteiger partial charge in [-0.3, -0.25) is 10.1 Å². The fourth-order valence-electron chi connectivity index (χ4n) is 1.56. The van der Waals surface area contributed by atoms with Crippen LogP contribution >= 0.6 is 0 Å². The van der Waals surface area contributed by atoms with Crippen molar-refractivity contribution in [2.75, 3.05) is 5.32 Å². The summed E-state index contributed by atoms with van der Waals surface area (Å²) >= 11 is 0. The molecule has 1 aromatic carbocycles. The number of carboxylic acid groups (broad SMARTS) is 1. The fraction of sp³-hybridized carbons (Fsp3) is 0.0714. The highest BCUT2D eigenvalue weighted by Crippen LogP contribution is 2.15. The molecule has 7 heteroatoms. The zero-order valence-corrected chi connectivity index (χ0v) is 11.0. The first-order chi connectivity index (χ1) is 9.95. The summed E-state index contributed by atoms with van der Waals surface area (Å²) in [5.41, 5.74) is 0.717. The molecule has 2 N–H and O–H groups in total. The van der Waals surface area contributed by atoms with Crippen LogP contribution in [0.15, 0.2) is 35.0 Å². The Morgan fingerprint density at radius 1 is 1.43 bits per heavy atom. The normalized spacial score (nSPS) is 10.8. The van der Waals surface area contributed by atoms with Crippen molar-refractivity contribution in [3.8, 4) is 0 Å². The predicted octanol–water partition coefficient (Wildman–Crippen LogP) is 2.47. The highest BCUT2D eigenvalue weighted by molar-refractivity contribution is 6.03. The lowest BCUT2D eigenvalue weighted by Gasteiger charge is -2.04. The lowest BCUT2D eigenvalue weighted by Crippen LogP contribution is -2.14. The van der Waals surface area contributed by atoms with E-state index < -0.39 is 17.7 Å². The molecule has 21 heavy (non-hydrogen) atoms. The third kappa shape index (κ3) is 3.75. The Labute approximate surface area is 118 Å². The van der Waals surface area contributed by atoms with E-state index in [-0.39, 0.29) is 11.6 Å². The van der Waals surface area contributed by atoms with Gasteiger partial charge < -0.3 is 9.52 Å². The van der Waals surface area contributed by atoms with Crippen molar-refractivity contribution in [1.29, 1.82) is 0 Å². The van der Waals surface area contributed by atoms with Crippen molar-refractivity contribution in [3.63, 3.8) is 0 Å². The number of carbonyl (C=O) groups excluding carboxylic acids is 1. The monoisotopic (exact) mass is 290 g/mol. The minimum Gasteiger partial charge on any atom is -0.478 e. The topological polar surface area (TPSA) is 92.4 Å². The van der Waals surface area contributed by atoms with Crippen molar-refractivity contribution >= 4 is 24.0 Å². The number of oxazole rings is 1. The maximum Gasteiger partial charge on any atom is 0.328 e.